The Morgan fingerprint density at radius 3 is 2.67 bits per heavy atom. The molecule has 0 unspecified atom stereocenters. The summed E-state index contributed by atoms with van der Waals surface area (Å²) in [4.78, 5) is 8.46. The van der Waals surface area contributed by atoms with E-state index in [9.17, 15) is 0 Å². The molecule has 0 saturated carbocycles. The van der Waals surface area contributed by atoms with Gasteiger partial charge in [0.05, 0.1) is 6.04 Å². The largest absolute Gasteiger partial charge is 0.348 e. The lowest BCUT2D eigenvalue weighted by Gasteiger charge is -2.15. The summed E-state index contributed by atoms with van der Waals surface area (Å²) < 4.78 is 0. The monoisotopic (exact) mass is 281 g/mol. The third kappa shape index (κ3) is 3.12. The smallest absolute Gasteiger partial charge is 0.223 e. The predicted molar refractivity (Wildman–Crippen MR) is 75.3 cm³/mol. The number of rotatable bonds is 3. The zero-order valence-electron chi connectivity index (χ0n) is 10.1. The molecule has 2 aromatic rings. The first-order valence-corrected chi connectivity index (χ1v) is 6.33. The number of aryl methyl sites for hydroxylation is 1. The highest BCUT2D eigenvalue weighted by Gasteiger charge is 2.11. The summed E-state index contributed by atoms with van der Waals surface area (Å²) in [6.07, 6.45) is 1.72. The van der Waals surface area contributed by atoms with Crippen molar-refractivity contribution in [1.82, 2.24) is 9.97 Å². The van der Waals surface area contributed by atoms with Gasteiger partial charge in [0, 0.05) is 21.9 Å². The second-order valence-electron chi connectivity index (χ2n) is 4.05. The summed E-state index contributed by atoms with van der Waals surface area (Å²) in [5.74, 6) is 0.591. The van der Waals surface area contributed by atoms with Gasteiger partial charge in [-0.05, 0) is 37.6 Å². The highest BCUT2D eigenvalue weighted by molar-refractivity contribution is 6.35. The number of halogens is 2. The van der Waals surface area contributed by atoms with Crippen LogP contribution in [0.25, 0.3) is 0 Å². The molecule has 5 heteroatoms. The third-order valence-electron chi connectivity index (χ3n) is 2.57. The van der Waals surface area contributed by atoms with E-state index in [2.05, 4.69) is 15.3 Å². The number of hydrogen-bond donors (Lipinski definition) is 1. The van der Waals surface area contributed by atoms with Gasteiger partial charge in [-0.1, -0.05) is 29.3 Å². The molecule has 0 aliphatic heterocycles. The molecule has 0 saturated heterocycles. The molecule has 0 amide bonds. The predicted octanol–water partition coefficient (Wildman–Crippen LogP) is 4.26. The van der Waals surface area contributed by atoms with Gasteiger partial charge in [-0.2, -0.15) is 0 Å². The number of anilines is 1. The average molecular weight is 282 g/mol. The highest BCUT2D eigenvalue weighted by atomic mass is 35.5. The van der Waals surface area contributed by atoms with Crippen molar-refractivity contribution in [3.8, 4) is 0 Å². The summed E-state index contributed by atoms with van der Waals surface area (Å²) in [7, 11) is 0. The van der Waals surface area contributed by atoms with Gasteiger partial charge in [0.25, 0.3) is 0 Å². The second-order valence-corrected chi connectivity index (χ2v) is 4.90. The molecule has 0 spiro atoms. The number of benzene rings is 1. The average Bonchev–Trinajstić information content (AvgIpc) is 2.28. The van der Waals surface area contributed by atoms with Gasteiger partial charge < -0.3 is 5.32 Å². The number of nitrogens with zero attached hydrogens (tertiary/aromatic N) is 2. The Hall–Kier alpha value is -1.32. The molecule has 0 radical (unpaired) electrons. The van der Waals surface area contributed by atoms with E-state index >= 15 is 0 Å². The minimum absolute atomic E-state index is 0.0107. The van der Waals surface area contributed by atoms with Crippen molar-refractivity contribution in [2.75, 3.05) is 5.32 Å². The van der Waals surface area contributed by atoms with Crippen molar-refractivity contribution in [2.24, 2.45) is 0 Å². The van der Waals surface area contributed by atoms with Crippen LogP contribution in [0, 0.1) is 6.92 Å². The first kappa shape index (κ1) is 13.1. The Morgan fingerprint density at radius 1 is 1.22 bits per heavy atom. The normalized spacial score (nSPS) is 12.2. The fraction of sp³-hybridized carbons (Fsp3) is 0.231. The minimum Gasteiger partial charge on any atom is -0.348 e. The van der Waals surface area contributed by atoms with Crippen LogP contribution in [0.4, 0.5) is 5.95 Å². The lowest BCUT2D eigenvalue weighted by Crippen LogP contribution is -2.10. The second kappa shape index (κ2) is 5.55. The van der Waals surface area contributed by atoms with Crippen molar-refractivity contribution < 1.29 is 0 Å². The van der Waals surface area contributed by atoms with E-state index in [4.69, 9.17) is 23.2 Å². The summed E-state index contributed by atoms with van der Waals surface area (Å²) in [5.41, 5.74) is 1.88. The Labute approximate surface area is 116 Å². The van der Waals surface area contributed by atoms with Gasteiger partial charge in [-0.15, -0.1) is 0 Å². The summed E-state index contributed by atoms with van der Waals surface area (Å²) in [6.45, 7) is 3.92. The molecule has 1 aromatic heterocycles. The van der Waals surface area contributed by atoms with Crippen LogP contribution >= 0.6 is 23.2 Å². The molecule has 94 valence electrons. The first-order valence-electron chi connectivity index (χ1n) is 5.57. The van der Waals surface area contributed by atoms with Crippen molar-refractivity contribution in [3.63, 3.8) is 0 Å². The van der Waals surface area contributed by atoms with E-state index < -0.39 is 0 Å². The van der Waals surface area contributed by atoms with Crippen LogP contribution < -0.4 is 5.32 Å². The molecule has 1 atom stereocenters. The SMILES string of the molecule is Cc1ccnc(N[C@@H](C)c2ccc(Cl)cc2Cl)n1. The molecular formula is C13H13Cl2N3. The van der Waals surface area contributed by atoms with Crippen molar-refractivity contribution in [1.29, 1.82) is 0 Å². The zero-order chi connectivity index (χ0) is 13.1. The fourth-order valence-electron chi connectivity index (χ4n) is 1.64. The van der Waals surface area contributed by atoms with Crippen molar-refractivity contribution >= 4 is 29.2 Å². The van der Waals surface area contributed by atoms with Crippen LogP contribution in [0.3, 0.4) is 0 Å². The van der Waals surface area contributed by atoms with E-state index in [0.29, 0.717) is 16.0 Å². The quantitative estimate of drug-likeness (QED) is 0.913. The van der Waals surface area contributed by atoms with Gasteiger partial charge in [-0.3, -0.25) is 0 Å². The lowest BCUT2D eigenvalue weighted by molar-refractivity contribution is 0.857. The van der Waals surface area contributed by atoms with Crippen LogP contribution in [-0.4, -0.2) is 9.97 Å². The van der Waals surface area contributed by atoms with E-state index in [-0.39, 0.29) is 6.04 Å². The molecule has 1 heterocycles. The van der Waals surface area contributed by atoms with Gasteiger partial charge in [0.2, 0.25) is 5.95 Å². The van der Waals surface area contributed by atoms with Crippen LogP contribution in [0.1, 0.15) is 24.2 Å². The Bertz CT molecular complexity index is 558. The van der Waals surface area contributed by atoms with Gasteiger partial charge in [0.1, 0.15) is 0 Å². The van der Waals surface area contributed by atoms with Crippen LogP contribution in [-0.2, 0) is 0 Å². The maximum Gasteiger partial charge on any atom is 0.223 e. The van der Waals surface area contributed by atoms with E-state index in [0.717, 1.165) is 11.3 Å². The minimum atomic E-state index is 0.0107. The molecule has 18 heavy (non-hydrogen) atoms. The zero-order valence-corrected chi connectivity index (χ0v) is 11.6. The highest BCUT2D eigenvalue weighted by Crippen LogP contribution is 2.27. The van der Waals surface area contributed by atoms with Crippen LogP contribution in [0.2, 0.25) is 10.0 Å². The lowest BCUT2D eigenvalue weighted by atomic mass is 10.1. The maximum atomic E-state index is 6.16. The molecule has 3 nitrogen and oxygen atoms in total. The van der Waals surface area contributed by atoms with Gasteiger partial charge in [-0.25, -0.2) is 9.97 Å². The third-order valence-corrected chi connectivity index (χ3v) is 3.13. The van der Waals surface area contributed by atoms with Gasteiger partial charge in [0.15, 0.2) is 0 Å². The van der Waals surface area contributed by atoms with E-state index in [1.165, 1.54) is 0 Å². The molecule has 0 aliphatic rings. The Balaban J connectivity index is 2.19. The summed E-state index contributed by atoms with van der Waals surface area (Å²) in [6, 6.07) is 7.31. The summed E-state index contributed by atoms with van der Waals surface area (Å²) >= 11 is 12.0. The van der Waals surface area contributed by atoms with E-state index in [1.807, 2.05) is 32.0 Å². The van der Waals surface area contributed by atoms with E-state index in [1.54, 1.807) is 12.3 Å². The number of aromatic nitrogens is 2. The fourth-order valence-corrected chi connectivity index (χ4v) is 2.21. The molecule has 1 N–H and O–H groups in total. The molecule has 1 aromatic carbocycles. The molecule has 0 fully saturated rings. The Kier molecular flexibility index (Phi) is 4.04. The maximum absolute atomic E-state index is 6.16. The molecule has 0 aliphatic carbocycles. The number of nitrogens with one attached hydrogen (secondary N) is 1. The molecule has 0 bridgehead atoms. The number of hydrogen-bond acceptors (Lipinski definition) is 3. The first-order chi connectivity index (χ1) is 8.56. The van der Waals surface area contributed by atoms with Crippen LogP contribution in [0.15, 0.2) is 30.5 Å². The van der Waals surface area contributed by atoms with Crippen LogP contribution in [0.5, 0.6) is 0 Å². The molecule has 2 rings (SSSR count). The van der Waals surface area contributed by atoms with Crippen molar-refractivity contribution in [2.45, 2.75) is 19.9 Å². The molecular weight excluding hydrogens is 269 g/mol. The standard InChI is InChI=1S/C13H13Cl2N3/c1-8-5-6-16-13(17-8)18-9(2)11-4-3-10(14)7-12(11)15/h3-7,9H,1-2H3,(H,16,17,18)/t9-/m0/s1. The van der Waals surface area contributed by atoms with Crippen molar-refractivity contribution in [3.05, 3.63) is 51.8 Å². The summed E-state index contributed by atoms with van der Waals surface area (Å²) in [5, 5.41) is 4.47. The Morgan fingerprint density at radius 2 is 2.00 bits per heavy atom. The topological polar surface area (TPSA) is 37.8 Å². The van der Waals surface area contributed by atoms with Gasteiger partial charge >= 0.3 is 0 Å².